The summed E-state index contributed by atoms with van der Waals surface area (Å²) in [7, 11) is 5.10. The minimum absolute atomic E-state index is 0.0116. The van der Waals surface area contributed by atoms with E-state index in [0.717, 1.165) is 167 Å². The number of fused-ring (bicyclic) bond motifs is 6. The van der Waals surface area contributed by atoms with Gasteiger partial charge in [0.05, 0.1) is 32.7 Å². The van der Waals surface area contributed by atoms with E-state index < -0.39 is 0 Å². The van der Waals surface area contributed by atoms with Crippen LogP contribution in [0, 0.1) is 83.1 Å². The van der Waals surface area contributed by atoms with Crippen LogP contribution >= 0.6 is 0 Å². The van der Waals surface area contributed by atoms with Crippen LogP contribution in [0.1, 0.15) is 172 Å². The zero-order valence-corrected chi connectivity index (χ0v) is 78.1. The van der Waals surface area contributed by atoms with E-state index in [1.807, 2.05) is 231 Å². The molecule has 3 N–H and O–H groups in total. The number of benzene rings is 12. The molecule has 0 atom stereocenters. The van der Waals surface area contributed by atoms with Crippen LogP contribution in [0.2, 0.25) is 0 Å². The van der Waals surface area contributed by atoms with Crippen LogP contribution in [0.25, 0.3) is 100 Å². The van der Waals surface area contributed by atoms with Crippen molar-refractivity contribution in [2.75, 3.05) is 21.3 Å². The largest absolute Gasteiger partial charge is 0.507 e. The van der Waals surface area contributed by atoms with E-state index in [-0.39, 0.29) is 33.2 Å². The Morgan fingerprint density at radius 2 is 0.488 bits per heavy atom. The number of ether oxygens (including phenoxy) is 3. The van der Waals surface area contributed by atoms with E-state index in [1.165, 1.54) is 32.6 Å². The molecule has 0 aliphatic rings. The first-order chi connectivity index (χ1) is 60.1. The van der Waals surface area contributed by atoms with E-state index in [0.29, 0.717) is 17.1 Å². The van der Waals surface area contributed by atoms with Gasteiger partial charge < -0.3 is 29.5 Å². The summed E-state index contributed by atoms with van der Waals surface area (Å²) < 4.78 is 16.8. The Hall–Kier alpha value is -14.2. The SMILES string of the molecule is COc1c(C(C)(C)C)cc(C(C)(C)C)c(C)c1-n1nc2ccccc2n1.COc1c(C)cc(-n2nc3ccccc3n2)cc1C.COc1cc(C)c(C)c(C)c1-n1nc2ccccc2n1.Cc1c(C(C)(C)C)cc(C(C)(C)C)c(O)c1-n1nc2ccccc2n1.Cc1cc(-n2nc3ccccc3n2)cc(C)c1O.Cc1cc(O)c(-n2nc3ccccc3n2)c(C)c1C. The molecule has 0 aliphatic heterocycles. The molecule has 0 unspecified atom stereocenters. The molecule has 6 aromatic heterocycles. The summed E-state index contributed by atoms with van der Waals surface area (Å²) in [5.74, 6) is 3.37. The minimum Gasteiger partial charge on any atom is -0.507 e. The number of phenolic OH excluding ortho intramolecular Hbond substituents is 3. The number of aromatic nitrogens is 18. The van der Waals surface area contributed by atoms with Gasteiger partial charge in [-0.3, -0.25) is 0 Å². The number of hydrogen-bond donors (Lipinski definition) is 3. The van der Waals surface area contributed by atoms with Crippen molar-refractivity contribution in [3.05, 3.63) is 283 Å². The van der Waals surface area contributed by atoms with Crippen LogP contribution in [0.4, 0.5) is 0 Å². The average Bonchev–Trinajstić information content (AvgIpc) is 1.74. The molecule has 0 aliphatic carbocycles. The molecule has 0 spiro atoms. The zero-order valence-electron chi connectivity index (χ0n) is 78.1. The highest BCUT2D eigenvalue weighted by Gasteiger charge is 2.32. The van der Waals surface area contributed by atoms with Crippen molar-refractivity contribution in [2.45, 2.75) is 188 Å². The summed E-state index contributed by atoms with van der Waals surface area (Å²) in [4.78, 5) is 9.78. The molecule has 0 radical (unpaired) electrons. The molecule has 0 bridgehead atoms. The van der Waals surface area contributed by atoms with Gasteiger partial charge in [-0.1, -0.05) is 168 Å². The lowest BCUT2D eigenvalue weighted by molar-refractivity contribution is 0.391. The molecular formula is C103H116N18O6. The lowest BCUT2D eigenvalue weighted by Crippen LogP contribution is -2.21. The van der Waals surface area contributed by atoms with Crippen molar-refractivity contribution in [3.63, 3.8) is 0 Å². The van der Waals surface area contributed by atoms with Gasteiger partial charge in [-0.2, -0.15) is 9.59 Å². The molecule has 0 saturated carbocycles. The second kappa shape index (κ2) is 36.2. The third kappa shape index (κ3) is 19.1. The Balaban J connectivity index is 0.000000131. The molecule has 18 rings (SSSR count). The summed E-state index contributed by atoms with van der Waals surface area (Å²) in [6.45, 7) is 50.5. The van der Waals surface area contributed by atoms with Gasteiger partial charge in [-0.25, -0.2) is 0 Å². The molecule has 654 valence electrons. The van der Waals surface area contributed by atoms with Crippen LogP contribution < -0.4 is 14.2 Å². The minimum atomic E-state index is -0.181. The van der Waals surface area contributed by atoms with Crippen molar-refractivity contribution in [1.29, 1.82) is 0 Å². The molecule has 0 saturated heterocycles. The molecule has 6 heterocycles. The summed E-state index contributed by atoms with van der Waals surface area (Å²) in [6.07, 6.45) is 0. The molecule has 12 aromatic carbocycles. The van der Waals surface area contributed by atoms with E-state index in [2.05, 4.69) is 174 Å². The molecule has 0 fully saturated rings. The Morgan fingerprint density at radius 3 is 0.795 bits per heavy atom. The number of hydrogen-bond acceptors (Lipinski definition) is 18. The number of rotatable bonds is 9. The van der Waals surface area contributed by atoms with E-state index in [9.17, 15) is 15.3 Å². The lowest BCUT2D eigenvalue weighted by Gasteiger charge is -2.30. The van der Waals surface area contributed by atoms with Crippen LogP contribution in [0.3, 0.4) is 0 Å². The predicted molar refractivity (Wildman–Crippen MR) is 509 cm³/mol. The second-order valence-corrected chi connectivity index (χ2v) is 36.5. The Kier molecular flexibility index (Phi) is 25.8. The normalized spacial score (nSPS) is 11.7. The van der Waals surface area contributed by atoms with Gasteiger partial charge in [0, 0.05) is 11.1 Å². The number of aromatic hydroxyl groups is 3. The van der Waals surface area contributed by atoms with Crippen molar-refractivity contribution in [2.24, 2.45) is 0 Å². The highest BCUT2D eigenvalue weighted by molar-refractivity contribution is 5.79. The number of nitrogens with zero attached hydrogens (tertiary/aromatic N) is 18. The fraction of sp³-hybridized carbons (Fsp3) is 0.301. The van der Waals surface area contributed by atoms with Gasteiger partial charge in [-0.15, -0.1) is 80.4 Å². The second-order valence-electron chi connectivity index (χ2n) is 36.5. The van der Waals surface area contributed by atoms with E-state index in [1.54, 1.807) is 51.4 Å². The quantitative estimate of drug-likeness (QED) is 0.121. The highest BCUT2D eigenvalue weighted by atomic mass is 16.5. The van der Waals surface area contributed by atoms with E-state index in [4.69, 9.17) is 24.4 Å². The maximum Gasteiger partial charge on any atom is 0.150 e. The van der Waals surface area contributed by atoms with Gasteiger partial charge in [0.2, 0.25) is 0 Å². The fourth-order valence-corrected chi connectivity index (χ4v) is 15.8. The standard InChI is InChI=1S/C22H29N3O.C21H27N3O.C16H17N3O.2C15H15N3O.C14H13N3O/c1-14-15(21(2,3)4)13-16(22(5,6)7)20(26-8)19(14)25-23-17-11-9-10-12-18(17)24-25;1-13-14(20(2,3)4)12-15(21(5,6)7)19(25)18(13)24-22-16-10-8-9-11-17(16)23-24;1-10-9-15(20-4)16(12(3)11(10)2)19-17-13-7-5-6-8-14(13)18-19;1-10-8-12(9-11(2)15(10)19-3)18-16-13-6-4-5-7-14(13)17-18;1-9-8-14(19)15(11(3)10(9)2)18-16-12-6-4-5-7-13(12)17-18;1-9-7-11(8-10(2)14(9)18)17-15-12-5-3-4-6-13(12)16-17/h9-13H,1-8H3;8-12,25H,1-7H3;5-9H,1-4H3;4-9H,1-3H3;4-8,19H,1-3H3;3-8,18H,1-2H3. The highest BCUT2D eigenvalue weighted by Crippen LogP contribution is 2.45. The molecule has 0 amide bonds. The zero-order chi connectivity index (χ0) is 91.8. The van der Waals surface area contributed by atoms with Crippen molar-refractivity contribution in [3.8, 4) is 68.6 Å². The smallest absolute Gasteiger partial charge is 0.150 e. The third-order valence-electron chi connectivity index (χ3n) is 23.0. The molecule has 18 aromatic rings. The van der Waals surface area contributed by atoms with Gasteiger partial charge in [0.15, 0.2) is 0 Å². The predicted octanol–water partition coefficient (Wildman–Crippen LogP) is 22.6. The number of aryl methyl sites for hydroxylation is 6. The maximum atomic E-state index is 11.1. The van der Waals surface area contributed by atoms with Crippen molar-refractivity contribution >= 4 is 66.2 Å². The lowest BCUT2D eigenvalue weighted by atomic mass is 9.77. The van der Waals surface area contributed by atoms with Crippen molar-refractivity contribution in [1.82, 2.24) is 90.0 Å². The summed E-state index contributed by atoms with van der Waals surface area (Å²) in [6, 6.07) is 62.8. The van der Waals surface area contributed by atoms with Gasteiger partial charge in [-0.05, 0) is 292 Å². The van der Waals surface area contributed by atoms with Crippen molar-refractivity contribution < 1.29 is 29.5 Å². The monoisotopic (exact) mass is 1700 g/mol. The van der Waals surface area contributed by atoms with Crippen LogP contribution in [-0.2, 0) is 21.7 Å². The van der Waals surface area contributed by atoms with Crippen LogP contribution in [0.5, 0.6) is 34.5 Å². The van der Waals surface area contributed by atoms with Gasteiger partial charge >= 0.3 is 0 Å². The number of methoxy groups -OCH3 is 3. The van der Waals surface area contributed by atoms with Gasteiger partial charge in [0.1, 0.15) is 123 Å². The molecule has 127 heavy (non-hydrogen) atoms. The molecular weight excluding hydrogens is 1590 g/mol. The summed E-state index contributed by atoms with van der Waals surface area (Å²) >= 11 is 0. The third-order valence-corrected chi connectivity index (χ3v) is 23.0. The first-order valence-corrected chi connectivity index (χ1v) is 42.5. The van der Waals surface area contributed by atoms with E-state index >= 15 is 0 Å². The first-order valence-electron chi connectivity index (χ1n) is 42.5. The van der Waals surface area contributed by atoms with Crippen LogP contribution in [0.15, 0.2) is 194 Å². The maximum absolute atomic E-state index is 11.1. The summed E-state index contributed by atoms with van der Waals surface area (Å²) in [5, 5.41) is 85.4. The Bertz CT molecular complexity index is 6830. The fourth-order valence-electron chi connectivity index (χ4n) is 15.8. The molecule has 24 nitrogen and oxygen atoms in total. The average molecular weight is 1700 g/mol. The number of phenols is 3. The first kappa shape index (κ1) is 90.6. The van der Waals surface area contributed by atoms with Crippen LogP contribution in [-0.4, -0.2) is 127 Å². The topological polar surface area (TPSA) is 273 Å². The Labute approximate surface area is 742 Å². The van der Waals surface area contributed by atoms with Gasteiger partial charge in [0.25, 0.3) is 0 Å². The summed E-state index contributed by atoms with van der Waals surface area (Å²) in [5.41, 5.74) is 32.4. The molecule has 24 heteroatoms. The Morgan fingerprint density at radius 1 is 0.228 bits per heavy atom.